The van der Waals surface area contributed by atoms with Crippen LogP contribution in [0.25, 0.3) is 0 Å². The van der Waals surface area contributed by atoms with Gasteiger partial charge in [-0.15, -0.1) is 11.3 Å². The number of benzene rings is 1. The minimum atomic E-state index is -0.610. The van der Waals surface area contributed by atoms with Crippen LogP contribution in [0.3, 0.4) is 0 Å². The Hall–Kier alpha value is -2.18. The fourth-order valence-electron chi connectivity index (χ4n) is 3.00. The quantitative estimate of drug-likeness (QED) is 0.809. The molecule has 1 fully saturated rings. The third kappa shape index (κ3) is 5.41. The molecular formula is C19H23N3O2S. The van der Waals surface area contributed by atoms with Gasteiger partial charge in [-0.05, 0) is 55.4 Å². The zero-order chi connectivity index (χ0) is 17.5. The Morgan fingerprint density at radius 1 is 1.04 bits per heavy atom. The van der Waals surface area contributed by atoms with Gasteiger partial charge >= 0.3 is 11.8 Å². The number of amides is 2. The molecule has 25 heavy (non-hydrogen) atoms. The molecule has 1 aliphatic rings. The number of nitrogens with one attached hydrogen (secondary N) is 2. The smallest absolute Gasteiger partial charge is 0.313 e. The van der Waals surface area contributed by atoms with E-state index in [9.17, 15) is 9.59 Å². The summed E-state index contributed by atoms with van der Waals surface area (Å²) in [5, 5.41) is 7.48. The number of nitrogens with zero attached hydrogens (tertiary/aromatic N) is 1. The van der Waals surface area contributed by atoms with Crippen LogP contribution < -0.4 is 10.6 Å². The van der Waals surface area contributed by atoms with E-state index in [-0.39, 0.29) is 0 Å². The third-order valence-corrected chi connectivity index (χ3v) is 5.32. The molecule has 2 N–H and O–H groups in total. The molecule has 1 aliphatic heterocycles. The Morgan fingerprint density at radius 2 is 1.80 bits per heavy atom. The van der Waals surface area contributed by atoms with Crippen LogP contribution >= 0.6 is 11.3 Å². The lowest BCUT2D eigenvalue weighted by Crippen LogP contribution is -2.41. The van der Waals surface area contributed by atoms with E-state index < -0.39 is 11.8 Å². The summed E-state index contributed by atoms with van der Waals surface area (Å²) >= 11 is 1.79. The molecule has 0 bridgehead atoms. The molecule has 1 aromatic carbocycles. The SMILES string of the molecule is O=C(NCC1CCN(Cc2cccs2)CC1)C(=O)Nc1ccccc1. The second kappa shape index (κ2) is 8.78. The van der Waals surface area contributed by atoms with E-state index in [0.717, 1.165) is 32.5 Å². The number of para-hydroxylation sites is 1. The third-order valence-electron chi connectivity index (χ3n) is 4.46. The van der Waals surface area contributed by atoms with Gasteiger partial charge in [-0.1, -0.05) is 24.3 Å². The molecule has 6 heteroatoms. The van der Waals surface area contributed by atoms with E-state index in [1.807, 2.05) is 18.2 Å². The molecule has 2 aromatic rings. The van der Waals surface area contributed by atoms with Crippen molar-refractivity contribution in [1.29, 1.82) is 0 Å². The summed E-state index contributed by atoms with van der Waals surface area (Å²) in [5.74, 6) is -0.737. The van der Waals surface area contributed by atoms with Crippen LogP contribution in [0.1, 0.15) is 17.7 Å². The molecule has 3 rings (SSSR count). The predicted molar refractivity (Wildman–Crippen MR) is 100 cm³/mol. The molecule has 0 spiro atoms. The van der Waals surface area contributed by atoms with Crippen LogP contribution in [0, 0.1) is 5.92 Å². The van der Waals surface area contributed by atoms with Gasteiger partial charge in [-0.2, -0.15) is 0 Å². The lowest BCUT2D eigenvalue weighted by atomic mass is 9.97. The largest absolute Gasteiger partial charge is 0.348 e. The number of likely N-dealkylation sites (tertiary alicyclic amines) is 1. The normalized spacial score (nSPS) is 15.7. The number of hydrogen-bond acceptors (Lipinski definition) is 4. The summed E-state index contributed by atoms with van der Waals surface area (Å²) in [6, 6.07) is 13.3. The van der Waals surface area contributed by atoms with Crippen molar-refractivity contribution < 1.29 is 9.59 Å². The van der Waals surface area contributed by atoms with E-state index in [1.165, 1.54) is 4.88 Å². The van der Waals surface area contributed by atoms with Crippen LogP contribution in [-0.4, -0.2) is 36.3 Å². The average Bonchev–Trinajstić information content (AvgIpc) is 3.14. The van der Waals surface area contributed by atoms with Gasteiger partial charge in [0.2, 0.25) is 0 Å². The Kier molecular flexibility index (Phi) is 6.19. The van der Waals surface area contributed by atoms with E-state index in [1.54, 1.807) is 23.5 Å². The second-order valence-electron chi connectivity index (χ2n) is 6.33. The van der Waals surface area contributed by atoms with Gasteiger partial charge in [-0.3, -0.25) is 14.5 Å². The first-order chi connectivity index (χ1) is 12.2. The Bertz CT molecular complexity index is 680. The topological polar surface area (TPSA) is 61.4 Å². The highest BCUT2D eigenvalue weighted by atomic mass is 32.1. The monoisotopic (exact) mass is 357 g/mol. The highest BCUT2D eigenvalue weighted by Crippen LogP contribution is 2.20. The molecule has 0 unspecified atom stereocenters. The lowest BCUT2D eigenvalue weighted by Gasteiger charge is -2.31. The standard InChI is InChI=1S/C19H23N3O2S/c23-18(19(24)21-16-5-2-1-3-6-16)20-13-15-8-10-22(11-9-15)14-17-7-4-12-25-17/h1-7,12,15H,8-11,13-14H2,(H,20,23)(H,21,24). The highest BCUT2D eigenvalue weighted by molar-refractivity contribution is 7.09. The highest BCUT2D eigenvalue weighted by Gasteiger charge is 2.21. The minimum absolute atomic E-state index is 0.438. The van der Waals surface area contributed by atoms with Gasteiger partial charge in [0.1, 0.15) is 0 Å². The number of carbonyl (C=O) groups is 2. The van der Waals surface area contributed by atoms with Gasteiger partial charge < -0.3 is 10.6 Å². The number of thiophene rings is 1. The zero-order valence-electron chi connectivity index (χ0n) is 14.1. The van der Waals surface area contributed by atoms with Gasteiger partial charge in [0, 0.05) is 23.7 Å². The maximum Gasteiger partial charge on any atom is 0.313 e. The van der Waals surface area contributed by atoms with Crippen molar-refractivity contribution in [3.63, 3.8) is 0 Å². The van der Waals surface area contributed by atoms with E-state index in [2.05, 4.69) is 33.0 Å². The Balaban J connectivity index is 1.36. The number of rotatable bonds is 5. The average molecular weight is 357 g/mol. The Morgan fingerprint density at radius 3 is 2.48 bits per heavy atom. The molecule has 2 amide bonds. The number of carbonyl (C=O) groups excluding carboxylic acids is 2. The van der Waals surface area contributed by atoms with Gasteiger partial charge in [-0.25, -0.2) is 0 Å². The minimum Gasteiger partial charge on any atom is -0.348 e. The molecule has 0 radical (unpaired) electrons. The first kappa shape index (κ1) is 17.6. The van der Waals surface area contributed by atoms with E-state index in [4.69, 9.17) is 0 Å². The van der Waals surface area contributed by atoms with Crippen molar-refractivity contribution in [2.24, 2.45) is 5.92 Å². The summed E-state index contributed by atoms with van der Waals surface area (Å²) < 4.78 is 0. The van der Waals surface area contributed by atoms with Crippen molar-refractivity contribution in [3.05, 3.63) is 52.7 Å². The fraction of sp³-hybridized carbons (Fsp3) is 0.368. The van der Waals surface area contributed by atoms with Gasteiger partial charge in [0.15, 0.2) is 0 Å². The van der Waals surface area contributed by atoms with Crippen LogP contribution in [-0.2, 0) is 16.1 Å². The summed E-state index contributed by atoms with van der Waals surface area (Å²) in [6.45, 7) is 3.65. The van der Waals surface area contributed by atoms with Crippen LogP contribution in [0.4, 0.5) is 5.69 Å². The molecule has 0 aliphatic carbocycles. The van der Waals surface area contributed by atoms with Crippen molar-refractivity contribution in [2.45, 2.75) is 19.4 Å². The molecule has 1 saturated heterocycles. The van der Waals surface area contributed by atoms with Crippen molar-refractivity contribution in [1.82, 2.24) is 10.2 Å². The summed E-state index contributed by atoms with van der Waals surface area (Å²) in [6.07, 6.45) is 2.10. The van der Waals surface area contributed by atoms with Crippen LogP contribution in [0.2, 0.25) is 0 Å². The molecule has 0 saturated carbocycles. The molecule has 0 atom stereocenters. The van der Waals surface area contributed by atoms with Gasteiger partial charge in [0.05, 0.1) is 0 Å². The number of piperidine rings is 1. The molecule has 132 valence electrons. The van der Waals surface area contributed by atoms with E-state index in [0.29, 0.717) is 18.2 Å². The Labute approximate surface area is 152 Å². The first-order valence-electron chi connectivity index (χ1n) is 8.59. The molecule has 5 nitrogen and oxygen atoms in total. The fourth-order valence-corrected chi connectivity index (χ4v) is 3.74. The summed E-state index contributed by atoms with van der Waals surface area (Å²) in [7, 11) is 0. The molecule has 1 aromatic heterocycles. The molecule has 2 heterocycles. The zero-order valence-corrected chi connectivity index (χ0v) is 14.9. The van der Waals surface area contributed by atoms with Crippen LogP contribution in [0.15, 0.2) is 47.8 Å². The summed E-state index contributed by atoms with van der Waals surface area (Å²) in [4.78, 5) is 27.7. The number of anilines is 1. The van der Waals surface area contributed by atoms with Crippen molar-refractivity contribution >= 4 is 28.8 Å². The molecular weight excluding hydrogens is 334 g/mol. The van der Waals surface area contributed by atoms with Crippen LogP contribution in [0.5, 0.6) is 0 Å². The summed E-state index contributed by atoms with van der Waals surface area (Å²) in [5.41, 5.74) is 0.629. The predicted octanol–water partition coefficient (Wildman–Crippen LogP) is 2.72. The second-order valence-corrected chi connectivity index (χ2v) is 7.36. The van der Waals surface area contributed by atoms with Crippen molar-refractivity contribution in [3.8, 4) is 0 Å². The number of hydrogen-bond donors (Lipinski definition) is 2. The maximum absolute atomic E-state index is 11.9. The first-order valence-corrected chi connectivity index (χ1v) is 9.47. The van der Waals surface area contributed by atoms with Crippen molar-refractivity contribution in [2.75, 3.05) is 25.0 Å². The lowest BCUT2D eigenvalue weighted by molar-refractivity contribution is -0.136. The maximum atomic E-state index is 11.9. The van der Waals surface area contributed by atoms with Gasteiger partial charge in [0.25, 0.3) is 0 Å². The van der Waals surface area contributed by atoms with E-state index >= 15 is 0 Å².